The predicted octanol–water partition coefficient (Wildman–Crippen LogP) is 2.84. The Labute approximate surface area is 111 Å². The molecule has 0 radical (unpaired) electrons. The van der Waals surface area contributed by atoms with Crippen LogP contribution in [0, 0.1) is 23.4 Å². The van der Waals surface area contributed by atoms with Crippen LogP contribution in [0.2, 0.25) is 0 Å². The van der Waals surface area contributed by atoms with E-state index in [4.69, 9.17) is 5.73 Å². The lowest BCUT2D eigenvalue weighted by molar-refractivity contribution is 0.162. The average molecular weight is 272 g/mol. The van der Waals surface area contributed by atoms with Crippen LogP contribution in [0.3, 0.4) is 0 Å². The molecule has 0 amide bonds. The van der Waals surface area contributed by atoms with Gasteiger partial charge in [-0.25, -0.2) is 13.2 Å². The van der Waals surface area contributed by atoms with Gasteiger partial charge in [0.2, 0.25) is 0 Å². The van der Waals surface area contributed by atoms with E-state index in [1.165, 1.54) is 19.3 Å². The first kappa shape index (κ1) is 14.3. The molecule has 0 aromatic heterocycles. The van der Waals surface area contributed by atoms with E-state index >= 15 is 0 Å². The topological polar surface area (TPSA) is 29.3 Å². The molecular formula is C14H19F3N2. The van der Waals surface area contributed by atoms with E-state index in [9.17, 15) is 13.2 Å². The van der Waals surface area contributed by atoms with Gasteiger partial charge in [-0.15, -0.1) is 0 Å². The summed E-state index contributed by atoms with van der Waals surface area (Å²) in [5.41, 5.74) is 5.80. The highest BCUT2D eigenvalue weighted by atomic mass is 19.2. The first-order chi connectivity index (χ1) is 9.02. The van der Waals surface area contributed by atoms with Crippen molar-refractivity contribution in [2.45, 2.75) is 25.3 Å². The maximum atomic E-state index is 13.8. The van der Waals surface area contributed by atoms with Crippen LogP contribution in [0.25, 0.3) is 0 Å². The highest BCUT2D eigenvalue weighted by Crippen LogP contribution is 2.30. The summed E-state index contributed by atoms with van der Waals surface area (Å²) in [6, 6.07) is 1.08. The molecule has 0 heterocycles. The van der Waals surface area contributed by atoms with E-state index in [0.29, 0.717) is 12.0 Å². The monoisotopic (exact) mass is 272 g/mol. The second kappa shape index (κ2) is 5.92. The van der Waals surface area contributed by atoms with Gasteiger partial charge < -0.3 is 5.73 Å². The number of likely N-dealkylation sites (N-methyl/N-ethyl adjacent to an activating group) is 1. The van der Waals surface area contributed by atoms with Crippen molar-refractivity contribution in [2.75, 3.05) is 20.1 Å². The van der Waals surface area contributed by atoms with Crippen molar-refractivity contribution >= 4 is 0 Å². The first-order valence-electron chi connectivity index (χ1n) is 6.57. The van der Waals surface area contributed by atoms with Gasteiger partial charge in [0.05, 0.1) is 0 Å². The van der Waals surface area contributed by atoms with Crippen molar-refractivity contribution in [1.29, 1.82) is 0 Å². The highest BCUT2D eigenvalue weighted by Gasteiger charge is 2.25. The molecule has 1 saturated carbocycles. The van der Waals surface area contributed by atoms with E-state index in [1.807, 2.05) is 11.9 Å². The van der Waals surface area contributed by atoms with Crippen molar-refractivity contribution in [2.24, 2.45) is 11.7 Å². The third kappa shape index (κ3) is 3.09. The molecule has 0 bridgehead atoms. The maximum Gasteiger partial charge on any atom is 0.161 e. The Morgan fingerprint density at radius 1 is 1.21 bits per heavy atom. The minimum absolute atomic E-state index is 0.128. The Morgan fingerprint density at radius 3 is 2.37 bits per heavy atom. The third-order valence-electron chi connectivity index (χ3n) is 3.92. The number of rotatable bonds is 5. The Bertz CT molecular complexity index is 447. The maximum absolute atomic E-state index is 13.8. The highest BCUT2D eigenvalue weighted by molar-refractivity contribution is 5.24. The van der Waals surface area contributed by atoms with E-state index in [0.717, 1.165) is 12.6 Å². The lowest BCUT2D eigenvalue weighted by Gasteiger charge is -2.34. The molecule has 0 saturated heterocycles. The van der Waals surface area contributed by atoms with E-state index < -0.39 is 23.5 Å². The quantitative estimate of drug-likeness (QED) is 0.835. The van der Waals surface area contributed by atoms with Crippen molar-refractivity contribution in [1.82, 2.24) is 4.90 Å². The molecule has 5 heteroatoms. The van der Waals surface area contributed by atoms with Crippen LogP contribution < -0.4 is 5.73 Å². The van der Waals surface area contributed by atoms with Crippen LogP contribution in [0.4, 0.5) is 13.2 Å². The Balaban J connectivity index is 2.17. The van der Waals surface area contributed by atoms with Crippen molar-refractivity contribution < 1.29 is 13.2 Å². The smallest absolute Gasteiger partial charge is 0.161 e. The molecule has 2 nitrogen and oxygen atoms in total. The largest absolute Gasteiger partial charge is 0.329 e. The van der Waals surface area contributed by atoms with Crippen molar-refractivity contribution in [3.63, 3.8) is 0 Å². The van der Waals surface area contributed by atoms with Gasteiger partial charge in [-0.3, -0.25) is 4.90 Å². The second-order valence-electron chi connectivity index (χ2n) is 5.28. The summed E-state index contributed by atoms with van der Waals surface area (Å²) >= 11 is 0. The van der Waals surface area contributed by atoms with Crippen LogP contribution in [0.5, 0.6) is 0 Å². The SMILES string of the molecule is CN(CC1CCC1)C(CN)c1cc(F)c(F)cc1F. The van der Waals surface area contributed by atoms with Crippen LogP contribution in [0.15, 0.2) is 12.1 Å². The lowest BCUT2D eigenvalue weighted by atomic mass is 9.84. The summed E-state index contributed by atoms with van der Waals surface area (Å²) in [6.07, 6.45) is 3.56. The van der Waals surface area contributed by atoms with Crippen LogP contribution in [0.1, 0.15) is 30.9 Å². The molecule has 0 spiro atoms. The van der Waals surface area contributed by atoms with E-state index in [1.54, 1.807) is 0 Å². The number of halogens is 3. The molecule has 1 aromatic carbocycles. The second-order valence-corrected chi connectivity index (χ2v) is 5.28. The fraction of sp³-hybridized carbons (Fsp3) is 0.571. The predicted molar refractivity (Wildman–Crippen MR) is 68.1 cm³/mol. The Kier molecular flexibility index (Phi) is 4.47. The van der Waals surface area contributed by atoms with Crippen LogP contribution >= 0.6 is 0 Å². The van der Waals surface area contributed by atoms with Crippen LogP contribution in [-0.2, 0) is 0 Å². The molecule has 0 aliphatic heterocycles. The summed E-state index contributed by atoms with van der Waals surface area (Å²) in [5, 5.41) is 0. The molecule has 1 atom stereocenters. The van der Waals surface area contributed by atoms with Gasteiger partial charge in [-0.1, -0.05) is 6.42 Å². The number of hydrogen-bond donors (Lipinski definition) is 1. The molecule has 2 N–H and O–H groups in total. The molecule has 106 valence electrons. The lowest BCUT2D eigenvalue weighted by Crippen LogP contribution is -2.36. The van der Waals surface area contributed by atoms with Gasteiger partial charge in [0.1, 0.15) is 5.82 Å². The van der Waals surface area contributed by atoms with Gasteiger partial charge in [-0.2, -0.15) is 0 Å². The normalized spacial score (nSPS) is 17.6. The average Bonchev–Trinajstić information content (AvgIpc) is 2.31. The van der Waals surface area contributed by atoms with Crippen molar-refractivity contribution in [3.05, 3.63) is 35.1 Å². The van der Waals surface area contributed by atoms with E-state index in [-0.39, 0.29) is 12.1 Å². The standard InChI is InChI=1S/C14H19F3N2/c1-19(8-9-3-2-4-9)14(7-18)10-5-12(16)13(17)6-11(10)15/h5-6,9,14H,2-4,7-8,18H2,1H3. The molecule has 1 aromatic rings. The summed E-state index contributed by atoms with van der Waals surface area (Å²) in [6.45, 7) is 0.978. The minimum atomic E-state index is -1.17. The number of hydrogen-bond acceptors (Lipinski definition) is 2. The van der Waals surface area contributed by atoms with Gasteiger partial charge in [0, 0.05) is 30.8 Å². The number of nitrogens with two attached hydrogens (primary N) is 1. The fourth-order valence-electron chi connectivity index (χ4n) is 2.55. The zero-order valence-electron chi connectivity index (χ0n) is 11.0. The zero-order chi connectivity index (χ0) is 14.0. The summed E-state index contributed by atoms with van der Waals surface area (Å²) in [4.78, 5) is 1.93. The van der Waals surface area contributed by atoms with Gasteiger partial charge >= 0.3 is 0 Å². The van der Waals surface area contributed by atoms with Crippen molar-refractivity contribution in [3.8, 4) is 0 Å². The van der Waals surface area contributed by atoms with Gasteiger partial charge in [0.15, 0.2) is 11.6 Å². The summed E-state index contributed by atoms with van der Waals surface area (Å²) in [7, 11) is 1.84. The molecular weight excluding hydrogens is 253 g/mol. The fourth-order valence-corrected chi connectivity index (χ4v) is 2.55. The molecule has 1 aliphatic carbocycles. The number of nitrogens with zero attached hydrogens (tertiary/aromatic N) is 1. The molecule has 2 rings (SSSR count). The molecule has 1 fully saturated rings. The molecule has 1 aliphatic rings. The van der Waals surface area contributed by atoms with Gasteiger partial charge in [-0.05, 0) is 31.9 Å². The number of benzene rings is 1. The van der Waals surface area contributed by atoms with Gasteiger partial charge in [0.25, 0.3) is 0 Å². The first-order valence-corrected chi connectivity index (χ1v) is 6.57. The molecule has 19 heavy (non-hydrogen) atoms. The zero-order valence-corrected chi connectivity index (χ0v) is 11.0. The van der Waals surface area contributed by atoms with E-state index in [2.05, 4.69) is 0 Å². The third-order valence-corrected chi connectivity index (χ3v) is 3.92. The Hall–Kier alpha value is -1.07. The minimum Gasteiger partial charge on any atom is -0.329 e. The Morgan fingerprint density at radius 2 is 1.84 bits per heavy atom. The van der Waals surface area contributed by atoms with Crippen LogP contribution in [-0.4, -0.2) is 25.0 Å². The molecule has 1 unspecified atom stereocenters. The summed E-state index contributed by atoms with van der Waals surface area (Å²) < 4.78 is 40.0. The summed E-state index contributed by atoms with van der Waals surface area (Å²) in [5.74, 6) is -2.34.